The molecule has 0 spiro atoms. The van der Waals surface area contributed by atoms with Crippen molar-refractivity contribution in [3.63, 3.8) is 0 Å². The maximum absolute atomic E-state index is 10.6. The summed E-state index contributed by atoms with van der Waals surface area (Å²) < 4.78 is 3.13. The summed E-state index contributed by atoms with van der Waals surface area (Å²) >= 11 is 1.52. The second kappa shape index (κ2) is 10.4. The average Bonchev–Trinajstić information content (AvgIpc) is 2.20. The van der Waals surface area contributed by atoms with Crippen LogP contribution in [0.15, 0.2) is 24.3 Å². The molecule has 0 aliphatic carbocycles. The third-order valence-corrected chi connectivity index (χ3v) is 2.49. The van der Waals surface area contributed by atoms with Gasteiger partial charge in [-0.15, -0.1) is 24.8 Å². The molecule has 0 bridgehead atoms. The molecule has 1 aromatic carbocycles. The summed E-state index contributed by atoms with van der Waals surface area (Å²) in [4.78, 5) is 10.6. The first-order chi connectivity index (χ1) is 7.20. The molecule has 0 fully saturated rings. The minimum Gasteiger partial charge on any atom is -0.397 e. The van der Waals surface area contributed by atoms with Gasteiger partial charge >= 0.3 is 0 Å². The highest BCUT2D eigenvalue weighted by Gasteiger charge is 1.96. The van der Waals surface area contributed by atoms with Crippen molar-refractivity contribution in [3.8, 4) is 0 Å². The quantitative estimate of drug-likeness (QED) is 0.443. The van der Waals surface area contributed by atoms with Gasteiger partial charge in [0.05, 0.1) is 11.4 Å². The minimum absolute atomic E-state index is 0. The normalized spacial score (nSPS) is 8.53. The first kappa shape index (κ1) is 18.6. The van der Waals surface area contributed by atoms with Crippen LogP contribution in [-0.2, 0) is 4.79 Å². The molecule has 0 saturated heterocycles. The highest BCUT2D eigenvalue weighted by atomic mass is 35.5. The van der Waals surface area contributed by atoms with Crippen LogP contribution in [0.25, 0.3) is 0 Å². The Morgan fingerprint density at radius 3 is 2.59 bits per heavy atom. The van der Waals surface area contributed by atoms with E-state index >= 15 is 0 Å². The Morgan fingerprint density at radius 1 is 1.35 bits per heavy atom. The molecule has 4 N–H and O–H groups in total. The zero-order valence-electron chi connectivity index (χ0n) is 9.43. The van der Waals surface area contributed by atoms with Crippen molar-refractivity contribution in [2.24, 2.45) is 0 Å². The molecule has 0 unspecified atom stereocenters. The number of anilines is 2. The fourth-order valence-electron chi connectivity index (χ4n) is 0.997. The van der Waals surface area contributed by atoms with Gasteiger partial charge in [0.15, 0.2) is 0 Å². The average molecular weight is 298 g/mol. The van der Waals surface area contributed by atoms with E-state index in [0.717, 1.165) is 17.1 Å². The van der Waals surface area contributed by atoms with E-state index < -0.39 is 0 Å². The van der Waals surface area contributed by atoms with Gasteiger partial charge in [0.2, 0.25) is 5.91 Å². The van der Waals surface area contributed by atoms with Crippen molar-refractivity contribution in [1.82, 2.24) is 5.32 Å². The number of hydrogen-bond donors (Lipinski definition) is 3. The zero-order chi connectivity index (χ0) is 11.1. The standard InChI is InChI=1S/C10H15N3OS.2ClH/c1-8(14)12-6-7-15-13-10-5-3-2-4-9(10)11;;/h2-5,13H,6-7,11H2,1H3,(H,12,14);2*1H. The SMILES string of the molecule is CC(=O)NCCSNc1ccccc1N.Cl.Cl. The lowest BCUT2D eigenvalue weighted by Gasteiger charge is -2.07. The van der Waals surface area contributed by atoms with Gasteiger partial charge in [-0.25, -0.2) is 0 Å². The Labute approximate surface area is 118 Å². The minimum atomic E-state index is -0.00479. The van der Waals surface area contributed by atoms with Crippen molar-refractivity contribution in [1.29, 1.82) is 0 Å². The molecule has 0 aromatic heterocycles. The smallest absolute Gasteiger partial charge is 0.216 e. The van der Waals surface area contributed by atoms with E-state index in [1.807, 2.05) is 24.3 Å². The van der Waals surface area contributed by atoms with Gasteiger partial charge in [-0.1, -0.05) is 24.1 Å². The zero-order valence-corrected chi connectivity index (χ0v) is 11.9. The third kappa shape index (κ3) is 8.01. The number of nitrogens with two attached hydrogens (primary N) is 1. The number of amides is 1. The molecular weight excluding hydrogens is 281 g/mol. The van der Waals surface area contributed by atoms with Crippen LogP contribution in [-0.4, -0.2) is 18.2 Å². The molecule has 0 aliphatic rings. The number of carbonyl (C=O) groups excluding carboxylic acids is 1. The second-order valence-corrected chi connectivity index (χ2v) is 3.92. The molecule has 0 heterocycles. The van der Waals surface area contributed by atoms with Crippen molar-refractivity contribution >= 4 is 54.0 Å². The molecule has 1 rings (SSSR count). The van der Waals surface area contributed by atoms with Gasteiger partial charge in [0.1, 0.15) is 0 Å². The maximum Gasteiger partial charge on any atom is 0.216 e. The van der Waals surface area contributed by atoms with Crippen LogP contribution in [0.3, 0.4) is 0 Å². The summed E-state index contributed by atoms with van der Waals surface area (Å²) in [7, 11) is 0. The summed E-state index contributed by atoms with van der Waals surface area (Å²) in [6, 6.07) is 7.58. The highest BCUT2D eigenvalue weighted by molar-refractivity contribution is 8.00. The Bertz CT molecular complexity index is 339. The van der Waals surface area contributed by atoms with E-state index in [4.69, 9.17) is 5.73 Å². The first-order valence-electron chi connectivity index (χ1n) is 4.67. The Morgan fingerprint density at radius 2 is 2.00 bits per heavy atom. The van der Waals surface area contributed by atoms with Gasteiger partial charge in [-0.05, 0) is 12.1 Å². The van der Waals surface area contributed by atoms with Gasteiger partial charge in [0.25, 0.3) is 0 Å². The number of hydrogen-bond acceptors (Lipinski definition) is 4. The lowest BCUT2D eigenvalue weighted by atomic mass is 10.3. The molecule has 0 aliphatic heterocycles. The molecular formula is C10H17Cl2N3OS. The molecule has 1 amide bonds. The molecule has 0 atom stereocenters. The summed E-state index contributed by atoms with van der Waals surface area (Å²) in [6.07, 6.45) is 0. The number of carbonyl (C=O) groups is 1. The lowest BCUT2D eigenvalue weighted by molar-refractivity contribution is -0.118. The number of rotatable bonds is 5. The predicted octanol–water partition coefficient (Wildman–Crippen LogP) is 2.31. The summed E-state index contributed by atoms with van der Waals surface area (Å²) in [5.41, 5.74) is 7.37. The van der Waals surface area contributed by atoms with Crippen molar-refractivity contribution < 1.29 is 4.79 Å². The summed E-state index contributed by atoms with van der Waals surface area (Å²) in [5, 5.41) is 2.72. The van der Waals surface area contributed by atoms with E-state index in [0.29, 0.717) is 6.54 Å². The van der Waals surface area contributed by atoms with Crippen LogP contribution in [0.4, 0.5) is 11.4 Å². The van der Waals surface area contributed by atoms with E-state index in [1.54, 1.807) is 0 Å². The second-order valence-electron chi connectivity index (χ2n) is 3.02. The molecule has 17 heavy (non-hydrogen) atoms. The van der Waals surface area contributed by atoms with Crippen LogP contribution in [0.5, 0.6) is 0 Å². The van der Waals surface area contributed by atoms with Crippen LogP contribution < -0.4 is 15.8 Å². The van der Waals surface area contributed by atoms with Crippen LogP contribution >= 0.6 is 36.8 Å². The largest absolute Gasteiger partial charge is 0.397 e. The van der Waals surface area contributed by atoms with Crippen molar-refractivity contribution in [2.45, 2.75) is 6.92 Å². The lowest BCUT2D eigenvalue weighted by Crippen LogP contribution is -2.22. The first-order valence-corrected chi connectivity index (χ1v) is 5.65. The maximum atomic E-state index is 10.6. The van der Waals surface area contributed by atoms with E-state index in [1.165, 1.54) is 18.9 Å². The van der Waals surface area contributed by atoms with Gasteiger partial charge in [0, 0.05) is 19.2 Å². The Hall–Kier alpha value is -0.780. The monoisotopic (exact) mass is 297 g/mol. The van der Waals surface area contributed by atoms with Gasteiger partial charge in [-0.3, -0.25) is 4.79 Å². The molecule has 0 radical (unpaired) electrons. The summed E-state index contributed by atoms with van der Waals surface area (Å²) in [5.74, 6) is 0.795. The molecule has 98 valence electrons. The van der Waals surface area contributed by atoms with Gasteiger partial charge in [-0.2, -0.15) is 0 Å². The van der Waals surface area contributed by atoms with E-state index in [-0.39, 0.29) is 30.7 Å². The number of benzene rings is 1. The van der Waals surface area contributed by atoms with Crippen LogP contribution in [0.1, 0.15) is 6.92 Å². The predicted molar refractivity (Wildman–Crippen MR) is 80.1 cm³/mol. The van der Waals surface area contributed by atoms with E-state index in [2.05, 4.69) is 10.0 Å². The van der Waals surface area contributed by atoms with Gasteiger partial charge < -0.3 is 15.8 Å². The Balaban J connectivity index is 0. The topological polar surface area (TPSA) is 67.2 Å². The van der Waals surface area contributed by atoms with E-state index in [9.17, 15) is 4.79 Å². The number of halogens is 2. The highest BCUT2D eigenvalue weighted by Crippen LogP contribution is 2.19. The number of nitrogens with one attached hydrogen (secondary N) is 2. The number of para-hydroxylation sites is 2. The fourth-order valence-corrected chi connectivity index (χ4v) is 1.64. The number of nitrogen functional groups attached to an aromatic ring is 1. The van der Waals surface area contributed by atoms with Crippen molar-refractivity contribution in [2.75, 3.05) is 22.8 Å². The van der Waals surface area contributed by atoms with Crippen molar-refractivity contribution in [3.05, 3.63) is 24.3 Å². The molecule has 4 nitrogen and oxygen atoms in total. The fraction of sp³-hybridized carbons (Fsp3) is 0.300. The molecule has 7 heteroatoms. The van der Waals surface area contributed by atoms with Crippen LogP contribution in [0, 0.1) is 0 Å². The third-order valence-electron chi connectivity index (χ3n) is 1.72. The van der Waals surface area contributed by atoms with Crippen LogP contribution in [0.2, 0.25) is 0 Å². The molecule has 0 saturated carbocycles. The Kier molecular flexibility index (Phi) is 11.3. The molecule has 1 aromatic rings. The summed E-state index contributed by atoms with van der Waals surface area (Å²) in [6.45, 7) is 2.16.